The van der Waals surface area contributed by atoms with Gasteiger partial charge < -0.3 is 14.3 Å². The van der Waals surface area contributed by atoms with E-state index in [-0.39, 0.29) is 5.91 Å². The molecule has 24 heavy (non-hydrogen) atoms. The molecule has 1 atom stereocenters. The minimum atomic E-state index is -0.442. The van der Waals surface area contributed by atoms with Crippen LogP contribution in [0, 0.1) is 6.92 Å². The molecule has 2 heterocycles. The van der Waals surface area contributed by atoms with Gasteiger partial charge in [0.25, 0.3) is 0 Å². The van der Waals surface area contributed by atoms with Gasteiger partial charge in [0.2, 0.25) is 11.8 Å². The van der Waals surface area contributed by atoms with E-state index in [1.54, 1.807) is 19.9 Å². The molecule has 124 valence electrons. The van der Waals surface area contributed by atoms with E-state index < -0.39 is 6.04 Å². The average molecular weight is 326 g/mol. The van der Waals surface area contributed by atoms with E-state index in [4.69, 9.17) is 8.94 Å². The van der Waals surface area contributed by atoms with Gasteiger partial charge in [-0.25, -0.2) is 4.98 Å². The van der Waals surface area contributed by atoms with Crippen LogP contribution >= 0.6 is 0 Å². The zero-order valence-corrected chi connectivity index (χ0v) is 13.5. The summed E-state index contributed by atoms with van der Waals surface area (Å²) in [6.45, 7) is 3.57. The number of aryl methyl sites for hydroxylation is 1. The van der Waals surface area contributed by atoms with Crippen molar-refractivity contribution in [3.8, 4) is 0 Å². The van der Waals surface area contributed by atoms with Gasteiger partial charge in [-0.1, -0.05) is 5.16 Å². The fourth-order valence-electron chi connectivity index (χ4n) is 2.51. The summed E-state index contributed by atoms with van der Waals surface area (Å²) in [5, 5.41) is 9.58. The summed E-state index contributed by atoms with van der Waals surface area (Å²) >= 11 is 0. The van der Waals surface area contributed by atoms with E-state index >= 15 is 0 Å². The summed E-state index contributed by atoms with van der Waals surface area (Å²) in [5.74, 6) is 1.43. The molecule has 2 N–H and O–H groups in total. The van der Waals surface area contributed by atoms with Crippen LogP contribution in [0.15, 0.2) is 33.2 Å². The summed E-state index contributed by atoms with van der Waals surface area (Å²) in [4.78, 5) is 16.7. The Balaban J connectivity index is 1.45. The van der Waals surface area contributed by atoms with E-state index in [9.17, 15) is 4.79 Å². The van der Waals surface area contributed by atoms with Crippen LogP contribution in [0.3, 0.4) is 0 Å². The summed E-state index contributed by atoms with van der Waals surface area (Å²) in [7, 11) is 0. The lowest BCUT2D eigenvalue weighted by Crippen LogP contribution is -2.31. The highest BCUT2D eigenvalue weighted by atomic mass is 16.5. The first-order valence-corrected chi connectivity index (χ1v) is 8.00. The fraction of sp³-hybridized carbons (Fsp3) is 0.353. The SMILES string of the molecule is Cc1cc(NC(=O)C(C)Nc2ccc3oc(C4CC4)nc3c2)on1. The van der Waals surface area contributed by atoms with Crippen LogP contribution in [0.25, 0.3) is 11.1 Å². The van der Waals surface area contributed by atoms with Gasteiger partial charge in [-0.15, -0.1) is 0 Å². The van der Waals surface area contributed by atoms with Crippen molar-refractivity contribution in [1.82, 2.24) is 10.1 Å². The Kier molecular flexibility index (Phi) is 3.48. The summed E-state index contributed by atoms with van der Waals surface area (Å²) < 4.78 is 10.7. The Morgan fingerprint density at radius 3 is 2.88 bits per heavy atom. The molecule has 7 nitrogen and oxygen atoms in total. The van der Waals surface area contributed by atoms with Crippen molar-refractivity contribution in [2.75, 3.05) is 10.6 Å². The summed E-state index contributed by atoms with van der Waals surface area (Å²) in [6, 6.07) is 6.88. The molecule has 7 heteroatoms. The number of hydrogen-bond donors (Lipinski definition) is 2. The smallest absolute Gasteiger partial charge is 0.248 e. The first kappa shape index (κ1) is 14.7. The number of carbonyl (C=O) groups is 1. The van der Waals surface area contributed by atoms with Crippen molar-refractivity contribution in [2.45, 2.75) is 38.6 Å². The third-order valence-corrected chi connectivity index (χ3v) is 3.98. The van der Waals surface area contributed by atoms with E-state index in [1.165, 1.54) is 0 Å². The van der Waals surface area contributed by atoms with Crippen LogP contribution < -0.4 is 10.6 Å². The second-order valence-corrected chi connectivity index (χ2v) is 6.20. The summed E-state index contributed by atoms with van der Waals surface area (Å²) in [6.07, 6.45) is 2.30. The first-order chi connectivity index (χ1) is 11.6. The maximum atomic E-state index is 12.2. The second kappa shape index (κ2) is 5.67. The van der Waals surface area contributed by atoms with Gasteiger partial charge in [-0.05, 0) is 44.9 Å². The normalized spacial score (nSPS) is 15.4. The Hall–Kier alpha value is -2.83. The third-order valence-electron chi connectivity index (χ3n) is 3.98. The number of nitrogens with zero attached hydrogens (tertiary/aromatic N) is 2. The van der Waals surface area contributed by atoms with Crippen LogP contribution in [-0.4, -0.2) is 22.1 Å². The van der Waals surface area contributed by atoms with E-state index in [0.717, 1.165) is 35.5 Å². The molecule has 4 rings (SSSR count). The molecule has 3 aromatic rings. The Labute approximate surface area is 138 Å². The number of anilines is 2. The summed E-state index contributed by atoms with van der Waals surface area (Å²) in [5.41, 5.74) is 3.11. The molecule has 0 spiro atoms. The predicted molar refractivity (Wildman–Crippen MR) is 88.9 cm³/mol. The molecule has 1 aliphatic carbocycles. The molecule has 1 saturated carbocycles. The molecule has 1 aliphatic rings. The molecular formula is C17H18N4O3. The number of hydrogen-bond acceptors (Lipinski definition) is 6. The standard InChI is InChI=1S/C17H18N4O3/c1-9-7-15(24-21-9)20-16(22)10(2)18-12-5-6-14-13(8-12)19-17(23-14)11-3-4-11/h5-8,10-11,18H,3-4H2,1-2H3,(H,20,22). The lowest BCUT2D eigenvalue weighted by Gasteiger charge is -2.13. The van der Waals surface area contributed by atoms with Gasteiger partial charge in [0.05, 0.1) is 5.69 Å². The predicted octanol–water partition coefficient (Wildman–Crippen LogP) is 3.44. The average Bonchev–Trinajstić information content (AvgIpc) is 3.20. The highest BCUT2D eigenvalue weighted by molar-refractivity contribution is 5.95. The maximum Gasteiger partial charge on any atom is 0.248 e. The van der Waals surface area contributed by atoms with Crippen molar-refractivity contribution in [3.05, 3.63) is 35.9 Å². The molecule has 0 radical (unpaired) electrons. The number of oxazole rings is 1. The zero-order valence-electron chi connectivity index (χ0n) is 13.5. The van der Waals surface area contributed by atoms with Gasteiger partial charge in [-0.2, -0.15) is 0 Å². The third kappa shape index (κ3) is 2.97. The van der Waals surface area contributed by atoms with Gasteiger partial charge in [0.15, 0.2) is 11.5 Å². The van der Waals surface area contributed by atoms with E-state index in [1.807, 2.05) is 18.2 Å². The second-order valence-electron chi connectivity index (χ2n) is 6.20. The molecule has 0 bridgehead atoms. The highest BCUT2D eigenvalue weighted by Crippen LogP contribution is 2.40. The molecule has 0 saturated heterocycles. The minimum absolute atomic E-state index is 0.204. The number of aromatic nitrogens is 2. The molecule has 1 aromatic carbocycles. The largest absolute Gasteiger partial charge is 0.440 e. The van der Waals surface area contributed by atoms with Crippen molar-refractivity contribution >= 4 is 28.6 Å². The zero-order chi connectivity index (χ0) is 16.7. The van der Waals surface area contributed by atoms with Crippen molar-refractivity contribution in [1.29, 1.82) is 0 Å². The van der Waals surface area contributed by atoms with Crippen molar-refractivity contribution in [3.63, 3.8) is 0 Å². The number of amides is 1. The molecule has 1 fully saturated rings. The lowest BCUT2D eigenvalue weighted by molar-refractivity contribution is -0.116. The Morgan fingerprint density at radius 2 is 2.17 bits per heavy atom. The van der Waals surface area contributed by atoms with Gasteiger partial charge >= 0.3 is 0 Å². The maximum absolute atomic E-state index is 12.2. The quantitative estimate of drug-likeness (QED) is 0.746. The number of carbonyl (C=O) groups excluding carboxylic acids is 1. The number of fused-ring (bicyclic) bond motifs is 1. The monoisotopic (exact) mass is 326 g/mol. The Morgan fingerprint density at radius 1 is 1.33 bits per heavy atom. The fourth-order valence-corrected chi connectivity index (χ4v) is 2.51. The van der Waals surface area contributed by atoms with Crippen LogP contribution in [0.1, 0.15) is 37.3 Å². The van der Waals surface area contributed by atoms with Crippen molar-refractivity contribution in [2.24, 2.45) is 0 Å². The van der Waals surface area contributed by atoms with Gasteiger partial charge in [0.1, 0.15) is 11.6 Å². The minimum Gasteiger partial charge on any atom is -0.440 e. The molecule has 0 aliphatic heterocycles. The highest BCUT2D eigenvalue weighted by Gasteiger charge is 2.29. The van der Waals surface area contributed by atoms with Gasteiger partial charge in [-0.3, -0.25) is 10.1 Å². The molecule has 2 aromatic heterocycles. The van der Waals surface area contributed by atoms with Crippen LogP contribution in [0.5, 0.6) is 0 Å². The first-order valence-electron chi connectivity index (χ1n) is 8.00. The topological polar surface area (TPSA) is 93.2 Å². The van der Waals surface area contributed by atoms with E-state index in [2.05, 4.69) is 20.8 Å². The van der Waals surface area contributed by atoms with Crippen LogP contribution in [0.2, 0.25) is 0 Å². The van der Waals surface area contributed by atoms with Gasteiger partial charge in [0, 0.05) is 17.7 Å². The Bertz CT molecular complexity index is 894. The number of benzene rings is 1. The van der Waals surface area contributed by atoms with Crippen LogP contribution in [0.4, 0.5) is 11.6 Å². The lowest BCUT2D eigenvalue weighted by atomic mass is 10.2. The number of nitrogens with one attached hydrogen (secondary N) is 2. The molecule has 1 unspecified atom stereocenters. The number of rotatable bonds is 5. The van der Waals surface area contributed by atoms with Crippen molar-refractivity contribution < 1.29 is 13.7 Å². The van der Waals surface area contributed by atoms with Crippen LogP contribution in [-0.2, 0) is 4.79 Å². The molecule has 1 amide bonds. The van der Waals surface area contributed by atoms with E-state index in [0.29, 0.717) is 17.5 Å². The molecular weight excluding hydrogens is 308 g/mol.